The molecule has 108 valence electrons. The molecule has 3 rings (SSSR count). The van der Waals surface area contributed by atoms with Crippen molar-refractivity contribution in [1.82, 2.24) is 10.3 Å². The highest BCUT2D eigenvalue weighted by Gasteiger charge is 2.15. The normalized spacial score (nSPS) is 16.6. The molecule has 0 unspecified atom stereocenters. The second-order valence-corrected chi connectivity index (χ2v) is 6.33. The first-order chi connectivity index (χ1) is 9.63. The largest absolute Gasteiger partial charge is 0.440 e. The summed E-state index contributed by atoms with van der Waals surface area (Å²) in [7, 11) is 0. The van der Waals surface area contributed by atoms with E-state index < -0.39 is 0 Å². The van der Waals surface area contributed by atoms with Crippen LogP contribution in [0.1, 0.15) is 62.5 Å². The van der Waals surface area contributed by atoms with Crippen LogP contribution in [0, 0.1) is 6.92 Å². The van der Waals surface area contributed by atoms with Crippen molar-refractivity contribution in [3.8, 4) is 0 Å². The third-order valence-electron chi connectivity index (χ3n) is 4.20. The summed E-state index contributed by atoms with van der Waals surface area (Å²) in [6.07, 6.45) is 5.39. The Labute approximate surface area is 120 Å². The second kappa shape index (κ2) is 5.57. The van der Waals surface area contributed by atoms with Crippen molar-refractivity contribution >= 4 is 11.1 Å². The third-order valence-corrected chi connectivity index (χ3v) is 4.20. The number of hydrogen-bond acceptors (Lipinski definition) is 3. The first-order valence-electron chi connectivity index (χ1n) is 7.77. The van der Waals surface area contributed by atoms with Crippen LogP contribution in [0.2, 0.25) is 0 Å². The minimum absolute atomic E-state index is 0.335. The summed E-state index contributed by atoms with van der Waals surface area (Å²) in [5.74, 6) is 1.17. The Bertz CT molecular complexity index is 594. The Morgan fingerprint density at radius 1 is 1.30 bits per heavy atom. The van der Waals surface area contributed by atoms with Gasteiger partial charge in [-0.3, -0.25) is 0 Å². The average Bonchev–Trinajstić information content (AvgIpc) is 3.05. The molecule has 0 atom stereocenters. The van der Waals surface area contributed by atoms with Crippen molar-refractivity contribution in [2.24, 2.45) is 0 Å². The molecule has 0 aliphatic heterocycles. The molecule has 2 aromatic rings. The number of aryl methyl sites for hydroxylation is 1. The molecular weight excluding hydrogens is 248 g/mol. The van der Waals surface area contributed by atoms with Gasteiger partial charge in [0.1, 0.15) is 5.52 Å². The van der Waals surface area contributed by atoms with E-state index in [4.69, 9.17) is 4.42 Å². The molecule has 3 nitrogen and oxygen atoms in total. The van der Waals surface area contributed by atoms with Crippen molar-refractivity contribution in [2.75, 3.05) is 0 Å². The zero-order chi connectivity index (χ0) is 14.1. The molecule has 3 heteroatoms. The molecule has 0 radical (unpaired) electrons. The van der Waals surface area contributed by atoms with Crippen molar-refractivity contribution in [3.63, 3.8) is 0 Å². The summed E-state index contributed by atoms with van der Waals surface area (Å²) in [4.78, 5) is 4.62. The van der Waals surface area contributed by atoms with E-state index in [0.717, 1.165) is 23.5 Å². The number of fused-ring (bicyclic) bond motifs is 1. The van der Waals surface area contributed by atoms with Gasteiger partial charge in [0.15, 0.2) is 11.5 Å². The van der Waals surface area contributed by atoms with Crippen LogP contribution in [0.4, 0.5) is 0 Å². The van der Waals surface area contributed by atoms with Gasteiger partial charge in [-0.1, -0.05) is 32.8 Å². The highest BCUT2D eigenvalue weighted by atomic mass is 16.3. The van der Waals surface area contributed by atoms with E-state index in [9.17, 15) is 0 Å². The number of aromatic nitrogens is 1. The lowest BCUT2D eigenvalue weighted by molar-refractivity contribution is 0.500. The lowest BCUT2D eigenvalue weighted by atomic mass is 10.1. The predicted molar refractivity (Wildman–Crippen MR) is 81.9 cm³/mol. The molecule has 1 N–H and O–H groups in total. The Morgan fingerprint density at radius 3 is 2.75 bits per heavy atom. The second-order valence-electron chi connectivity index (χ2n) is 6.33. The van der Waals surface area contributed by atoms with Crippen molar-refractivity contribution in [3.05, 3.63) is 29.2 Å². The fourth-order valence-electron chi connectivity index (χ4n) is 3.03. The highest BCUT2D eigenvalue weighted by molar-refractivity contribution is 5.77. The Balaban J connectivity index is 1.81. The van der Waals surface area contributed by atoms with Crippen LogP contribution in [0.3, 0.4) is 0 Å². The van der Waals surface area contributed by atoms with Crippen molar-refractivity contribution in [2.45, 2.75) is 65.0 Å². The molecule has 1 aliphatic carbocycles. The van der Waals surface area contributed by atoms with E-state index in [0.29, 0.717) is 12.0 Å². The minimum Gasteiger partial charge on any atom is -0.440 e. The van der Waals surface area contributed by atoms with Crippen LogP contribution in [-0.2, 0) is 6.54 Å². The van der Waals surface area contributed by atoms with Gasteiger partial charge in [0.05, 0.1) is 0 Å². The van der Waals surface area contributed by atoms with Crippen molar-refractivity contribution < 1.29 is 4.42 Å². The topological polar surface area (TPSA) is 38.1 Å². The van der Waals surface area contributed by atoms with Gasteiger partial charge in [-0.05, 0) is 37.0 Å². The number of benzene rings is 1. The average molecular weight is 272 g/mol. The molecule has 0 saturated heterocycles. The highest BCUT2D eigenvalue weighted by Crippen LogP contribution is 2.25. The van der Waals surface area contributed by atoms with E-state index in [1.807, 2.05) is 0 Å². The summed E-state index contributed by atoms with van der Waals surface area (Å²) in [5.41, 5.74) is 4.44. The zero-order valence-electron chi connectivity index (χ0n) is 12.7. The van der Waals surface area contributed by atoms with Crippen LogP contribution >= 0.6 is 0 Å². The van der Waals surface area contributed by atoms with Crippen LogP contribution in [0.5, 0.6) is 0 Å². The lowest BCUT2D eigenvalue weighted by Gasteiger charge is -2.12. The molecule has 0 bridgehead atoms. The van der Waals surface area contributed by atoms with E-state index >= 15 is 0 Å². The summed E-state index contributed by atoms with van der Waals surface area (Å²) >= 11 is 0. The molecule has 1 aromatic carbocycles. The fraction of sp³-hybridized carbons (Fsp3) is 0.588. The molecular formula is C17H24N2O. The monoisotopic (exact) mass is 272 g/mol. The van der Waals surface area contributed by atoms with E-state index in [-0.39, 0.29) is 0 Å². The van der Waals surface area contributed by atoms with Crippen LogP contribution in [0.15, 0.2) is 16.5 Å². The maximum atomic E-state index is 5.86. The quantitative estimate of drug-likeness (QED) is 0.902. The Morgan fingerprint density at radius 2 is 2.05 bits per heavy atom. The van der Waals surface area contributed by atoms with Gasteiger partial charge in [0, 0.05) is 18.5 Å². The molecule has 1 aromatic heterocycles. The Kier molecular flexibility index (Phi) is 3.79. The minimum atomic E-state index is 0.335. The molecule has 0 spiro atoms. The van der Waals surface area contributed by atoms with Crippen LogP contribution in [-0.4, -0.2) is 11.0 Å². The Hall–Kier alpha value is -1.35. The predicted octanol–water partition coefficient (Wildman–Crippen LogP) is 4.29. The molecule has 20 heavy (non-hydrogen) atoms. The van der Waals surface area contributed by atoms with Gasteiger partial charge in [-0.25, -0.2) is 4.98 Å². The van der Waals surface area contributed by atoms with Gasteiger partial charge >= 0.3 is 0 Å². The van der Waals surface area contributed by atoms with Crippen molar-refractivity contribution in [1.29, 1.82) is 0 Å². The van der Waals surface area contributed by atoms with Crippen LogP contribution < -0.4 is 5.32 Å². The number of nitrogens with one attached hydrogen (secondary N) is 1. The number of rotatable bonds is 4. The van der Waals surface area contributed by atoms with Gasteiger partial charge in [0.2, 0.25) is 0 Å². The summed E-state index contributed by atoms with van der Waals surface area (Å²) in [5, 5.41) is 3.66. The van der Waals surface area contributed by atoms with Crippen LogP contribution in [0.25, 0.3) is 11.1 Å². The summed E-state index contributed by atoms with van der Waals surface area (Å²) in [6, 6.07) is 5.09. The van der Waals surface area contributed by atoms with E-state index in [1.54, 1.807) is 0 Å². The molecule has 1 fully saturated rings. The standard InChI is InChI=1S/C17H24N2O/c1-11(2)17-19-15-9-13(8-12(3)16(15)20-17)10-18-14-6-4-5-7-14/h8-9,11,14,18H,4-7,10H2,1-3H3. The van der Waals surface area contributed by atoms with Gasteiger partial charge in [0.25, 0.3) is 0 Å². The van der Waals surface area contributed by atoms with Gasteiger partial charge in [-0.2, -0.15) is 0 Å². The molecule has 1 heterocycles. The first-order valence-corrected chi connectivity index (χ1v) is 7.77. The summed E-state index contributed by atoms with van der Waals surface area (Å²) in [6.45, 7) is 7.27. The first kappa shape index (κ1) is 13.6. The molecule has 1 aliphatic rings. The third kappa shape index (κ3) is 2.73. The lowest BCUT2D eigenvalue weighted by Crippen LogP contribution is -2.25. The van der Waals surface area contributed by atoms with Gasteiger partial charge < -0.3 is 9.73 Å². The fourth-order valence-corrected chi connectivity index (χ4v) is 3.03. The van der Waals surface area contributed by atoms with E-state index in [2.05, 4.69) is 43.2 Å². The maximum Gasteiger partial charge on any atom is 0.198 e. The SMILES string of the molecule is Cc1cc(CNC2CCCC2)cc2nc(C(C)C)oc12. The van der Waals surface area contributed by atoms with E-state index in [1.165, 1.54) is 36.8 Å². The number of oxazole rings is 1. The summed E-state index contributed by atoms with van der Waals surface area (Å²) < 4.78 is 5.86. The zero-order valence-corrected chi connectivity index (χ0v) is 12.7. The smallest absolute Gasteiger partial charge is 0.198 e. The molecule has 0 amide bonds. The number of nitrogens with zero attached hydrogens (tertiary/aromatic N) is 1. The number of hydrogen-bond donors (Lipinski definition) is 1. The van der Waals surface area contributed by atoms with Gasteiger partial charge in [-0.15, -0.1) is 0 Å². The molecule has 1 saturated carbocycles. The maximum absolute atomic E-state index is 5.86.